The Morgan fingerprint density at radius 3 is 2.42 bits per heavy atom. The third-order valence-electron chi connectivity index (χ3n) is 1.78. The maximum Gasteiger partial charge on any atom is 0.228 e. The standard InChI is InChI=1S/C7H12O5/c1-3-4(8)5(9)6(10)7(11-2)12-3/h4-10H,1H2,2H3/t4-,5-,6-,7-/m1/s1. The predicted octanol–water partition coefficient (Wildman–Crippen LogP) is -1.41. The Balaban J connectivity index is 2.70. The summed E-state index contributed by atoms with van der Waals surface area (Å²) in [6.07, 6.45) is -4.78. The minimum absolute atomic E-state index is 0.000324. The second-order valence-corrected chi connectivity index (χ2v) is 2.61. The van der Waals surface area contributed by atoms with Crippen LogP contribution in [0.25, 0.3) is 0 Å². The first-order valence-electron chi connectivity index (χ1n) is 3.50. The zero-order valence-electron chi connectivity index (χ0n) is 6.67. The van der Waals surface area contributed by atoms with E-state index in [4.69, 9.17) is 9.84 Å². The second kappa shape index (κ2) is 3.40. The fraction of sp³-hybridized carbons (Fsp3) is 0.714. The molecule has 70 valence electrons. The molecule has 0 unspecified atom stereocenters. The van der Waals surface area contributed by atoms with E-state index in [2.05, 4.69) is 11.3 Å². The molecule has 1 heterocycles. The molecule has 5 nitrogen and oxygen atoms in total. The molecule has 0 aromatic rings. The third kappa shape index (κ3) is 1.44. The molecule has 3 N–H and O–H groups in total. The lowest BCUT2D eigenvalue weighted by atomic mass is 10.0. The van der Waals surface area contributed by atoms with Gasteiger partial charge in [0.1, 0.15) is 24.1 Å². The van der Waals surface area contributed by atoms with Crippen molar-refractivity contribution in [2.45, 2.75) is 24.6 Å². The first kappa shape index (κ1) is 9.47. The van der Waals surface area contributed by atoms with Gasteiger partial charge in [0.25, 0.3) is 0 Å². The topological polar surface area (TPSA) is 79.2 Å². The van der Waals surface area contributed by atoms with Gasteiger partial charge >= 0.3 is 0 Å². The zero-order chi connectivity index (χ0) is 9.30. The van der Waals surface area contributed by atoms with E-state index in [0.717, 1.165) is 0 Å². The minimum Gasteiger partial charge on any atom is -0.464 e. The Morgan fingerprint density at radius 1 is 1.33 bits per heavy atom. The van der Waals surface area contributed by atoms with Crippen molar-refractivity contribution in [2.24, 2.45) is 0 Å². The van der Waals surface area contributed by atoms with Crippen LogP contribution in [0.1, 0.15) is 0 Å². The Bertz CT molecular complexity index is 179. The summed E-state index contributed by atoms with van der Waals surface area (Å²) in [6, 6.07) is 0. The molecule has 1 aliphatic heterocycles. The lowest BCUT2D eigenvalue weighted by Crippen LogP contribution is -2.52. The van der Waals surface area contributed by atoms with Crippen LogP contribution >= 0.6 is 0 Å². The SMILES string of the molecule is C=C1O[C@@H](OC)[C@H](O)[C@H](O)[C@@H]1O. The van der Waals surface area contributed by atoms with Gasteiger partial charge in [-0.15, -0.1) is 0 Å². The van der Waals surface area contributed by atoms with E-state index in [0.29, 0.717) is 0 Å². The van der Waals surface area contributed by atoms with Crippen molar-refractivity contribution < 1.29 is 24.8 Å². The largest absolute Gasteiger partial charge is 0.464 e. The molecule has 1 aliphatic rings. The van der Waals surface area contributed by atoms with Gasteiger partial charge in [0.2, 0.25) is 6.29 Å². The molecule has 4 atom stereocenters. The quantitative estimate of drug-likeness (QED) is 0.457. The highest BCUT2D eigenvalue weighted by Crippen LogP contribution is 2.22. The zero-order valence-corrected chi connectivity index (χ0v) is 6.67. The van der Waals surface area contributed by atoms with E-state index >= 15 is 0 Å². The van der Waals surface area contributed by atoms with Crippen LogP contribution in [0.5, 0.6) is 0 Å². The normalized spacial score (nSPS) is 42.5. The number of methoxy groups -OCH3 is 1. The van der Waals surface area contributed by atoms with Gasteiger partial charge in [-0.25, -0.2) is 0 Å². The van der Waals surface area contributed by atoms with Crippen LogP contribution < -0.4 is 0 Å². The van der Waals surface area contributed by atoms with Crippen LogP contribution in [0.15, 0.2) is 12.3 Å². The molecule has 0 aromatic carbocycles. The van der Waals surface area contributed by atoms with E-state index in [1.807, 2.05) is 0 Å². The first-order valence-corrected chi connectivity index (χ1v) is 3.50. The van der Waals surface area contributed by atoms with Gasteiger partial charge in [-0.05, 0) is 0 Å². The summed E-state index contributed by atoms with van der Waals surface area (Å²) in [5, 5.41) is 27.6. The number of rotatable bonds is 1. The van der Waals surface area contributed by atoms with Crippen molar-refractivity contribution in [3.05, 3.63) is 12.3 Å². The third-order valence-corrected chi connectivity index (χ3v) is 1.78. The molecule has 0 spiro atoms. The average molecular weight is 176 g/mol. The summed E-state index contributed by atoms with van der Waals surface area (Å²) in [5.41, 5.74) is 0. The average Bonchev–Trinajstić information content (AvgIpc) is 2.08. The number of aliphatic hydroxyl groups is 3. The van der Waals surface area contributed by atoms with Gasteiger partial charge in [-0.1, -0.05) is 6.58 Å². The highest BCUT2D eigenvalue weighted by Gasteiger charge is 2.40. The molecule has 0 bridgehead atoms. The minimum atomic E-state index is -1.31. The Kier molecular flexibility index (Phi) is 2.69. The molecule has 12 heavy (non-hydrogen) atoms. The van der Waals surface area contributed by atoms with E-state index in [1.54, 1.807) is 0 Å². The molecule has 0 radical (unpaired) electrons. The van der Waals surface area contributed by atoms with Crippen LogP contribution in [0.3, 0.4) is 0 Å². The summed E-state index contributed by atoms with van der Waals surface area (Å²) in [4.78, 5) is 0. The molecule has 0 aromatic heterocycles. The number of aliphatic hydroxyl groups excluding tert-OH is 3. The highest BCUT2D eigenvalue weighted by molar-refractivity contribution is 5.03. The van der Waals surface area contributed by atoms with Crippen molar-refractivity contribution in [1.82, 2.24) is 0 Å². The van der Waals surface area contributed by atoms with Crippen molar-refractivity contribution >= 4 is 0 Å². The van der Waals surface area contributed by atoms with E-state index in [1.165, 1.54) is 7.11 Å². The Hall–Kier alpha value is -0.620. The van der Waals surface area contributed by atoms with Gasteiger partial charge < -0.3 is 24.8 Å². The van der Waals surface area contributed by atoms with Crippen LogP contribution in [-0.2, 0) is 9.47 Å². The lowest BCUT2D eigenvalue weighted by Gasteiger charge is -2.35. The molecule has 5 heteroatoms. The Labute approximate surface area is 69.8 Å². The monoisotopic (exact) mass is 176 g/mol. The predicted molar refractivity (Wildman–Crippen MR) is 39.0 cm³/mol. The number of ether oxygens (including phenoxy) is 2. The molecule has 0 aliphatic carbocycles. The van der Waals surface area contributed by atoms with Crippen molar-refractivity contribution in [1.29, 1.82) is 0 Å². The maximum atomic E-state index is 9.22. The Morgan fingerprint density at radius 2 is 1.92 bits per heavy atom. The van der Waals surface area contributed by atoms with Crippen molar-refractivity contribution in [2.75, 3.05) is 7.11 Å². The highest BCUT2D eigenvalue weighted by atomic mass is 16.7. The van der Waals surface area contributed by atoms with E-state index in [-0.39, 0.29) is 5.76 Å². The number of hydrogen-bond acceptors (Lipinski definition) is 5. The van der Waals surface area contributed by atoms with Gasteiger partial charge in [0.05, 0.1) is 0 Å². The summed E-state index contributed by atoms with van der Waals surface area (Å²) >= 11 is 0. The molecular weight excluding hydrogens is 164 g/mol. The molecule has 1 fully saturated rings. The second-order valence-electron chi connectivity index (χ2n) is 2.61. The van der Waals surface area contributed by atoms with E-state index in [9.17, 15) is 10.2 Å². The van der Waals surface area contributed by atoms with Crippen LogP contribution in [-0.4, -0.2) is 47.0 Å². The van der Waals surface area contributed by atoms with Crippen molar-refractivity contribution in [3.63, 3.8) is 0 Å². The van der Waals surface area contributed by atoms with Gasteiger partial charge in [0, 0.05) is 7.11 Å². The van der Waals surface area contributed by atoms with Gasteiger partial charge in [-0.3, -0.25) is 0 Å². The summed E-state index contributed by atoms with van der Waals surface area (Å²) in [5.74, 6) is -0.000324. The number of hydrogen-bond donors (Lipinski definition) is 3. The van der Waals surface area contributed by atoms with Crippen LogP contribution in [0.2, 0.25) is 0 Å². The fourth-order valence-corrected chi connectivity index (χ4v) is 1.01. The first-order chi connectivity index (χ1) is 5.57. The fourth-order valence-electron chi connectivity index (χ4n) is 1.01. The van der Waals surface area contributed by atoms with Gasteiger partial charge in [0.15, 0.2) is 0 Å². The van der Waals surface area contributed by atoms with Gasteiger partial charge in [-0.2, -0.15) is 0 Å². The summed E-state index contributed by atoms with van der Waals surface area (Å²) in [7, 11) is 1.32. The van der Waals surface area contributed by atoms with Crippen LogP contribution in [0, 0.1) is 0 Å². The van der Waals surface area contributed by atoms with Crippen molar-refractivity contribution in [3.8, 4) is 0 Å². The smallest absolute Gasteiger partial charge is 0.228 e. The van der Waals surface area contributed by atoms with E-state index < -0.39 is 24.6 Å². The lowest BCUT2D eigenvalue weighted by molar-refractivity contribution is -0.235. The van der Waals surface area contributed by atoms with Crippen LogP contribution in [0.4, 0.5) is 0 Å². The molecule has 1 rings (SSSR count). The summed E-state index contributed by atoms with van der Waals surface area (Å²) in [6.45, 7) is 3.35. The molecule has 1 saturated heterocycles. The molecule has 0 amide bonds. The summed E-state index contributed by atoms with van der Waals surface area (Å²) < 4.78 is 9.54. The molecule has 0 saturated carbocycles. The maximum absolute atomic E-state index is 9.22. The molecular formula is C7H12O5.